The van der Waals surface area contributed by atoms with Crippen molar-refractivity contribution >= 4 is 11.3 Å². The van der Waals surface area contributed by atoms with Gasteiger partial charge in [0.1, 0.15) is 0 Å². The SMILES string of the molecule is NS(=O)[O-].O=[N+]([O-])n1ccnc1. The van der Waals surface area contributed by atoms with E-state index in [1.165, 1.54) is 12.4 Å². The van der Waals surface area contributed by atoms with Crippen LogP contribution in [0.2, 0.25) is 0 Å². The van der Waals surface area contributed by atoms with Gasteiger partial charge in [-0.2, -0.15) is 0 Å². The smallest absolute Gasteiger partial charge is 0.170 e. The molecule has 12 heavy (non-hydrogen) atoms. The third kappa shape index (κ3) is 5.46. The molecule has 0 aliphatic rings. The molecule has 2 N–H and O–H groups in total. The minimum absolute atomic E-state index is 0.562. The van der Waals surface area contributed by atoms with Gasteiger partial charge in [-0.1, -0.05) is 4.68 Å². The van der Waals surface area contributed by atoms with E-state index in [4.69, 9.17) is 8.76 Å². The maximum Gasteiger partial charge on any atom is 0.170 e. The van der Waals surface area contributed by atoms with Crippen molar-refractivity contribution in [3.63, 3.8) is 0 Å². The summed E-state index contributed by atoms with van der Waals surface area (Å²) in [5.41, 5.74) is 0. The van der Waals surface area contributed by atoms with Crippen LogP contribution in [0.5, 0.6) is 0 Å². The van der Waals surface area contributed by atoms with Crippen LogP contribution in [-0.4, -0.2) is 23.5 Å². The fraction of sp³-hybridized carbons (Fsp3) is 0. The van der Waals surface area contributed by atoms with Gasteiger partial charge in [0.05, 0.1) is 12.4 Å². The highest BCUT2D eigenvalue weighted by Crippen LogP contribution is 1.80. The van der Waals surface area contributed by atoms with Gasteiger partial charge in [0.15, 0.2) is 11.4 Å². The van der Waals surface area contributed by atoms with E-state index in [9.17, 15) is 10.1 Å². The molecule has 0 radical (unpaired) electrons. The summed E-state index contributed by atoms with van der Waals surface area (Å²) in [6.45, 7) is 0. The Bertz CT molecular complexity index is 255. The van der Waals surface area contributed by atoms with E-state index < -0.39 is 16.3 Å². The zero-order valence-corrected chi connectivity index (χ0v) is 6.51. The Kier molecular flexibility index (Phi) is 4.76. The molecular weight excluding hydrogens is 188 g/mol. The Labute approximate surface area is 69.6 Å². The molecule has 0 aliphatic carbocycles. The van der Waals surface area contributed by atoms with Crippen molar-refractivity contribution in [2.45, 2.75) is 0 Å². The Morgan fingerprint density at radius 3 is 2.33 bits per heavy atom. The lowest BCUT2D eigenvalue weighted by molar-refractivity contribution is -0.542. The third-order valence-electron chi connectivity index (χ3n) is 0.679. The Morgan fingerprint density at radius 1 is 1.67 bits per heavy atom. The molecule has 1 unspecified atom stereocenters. The predicted molar refractivity (Wildman–Crippen MR) is 37.7 cm³/mol. The fourth-order valence-corrected chi connectivity index (χ4v) is 0.349. The van der Waals surface area contributed by atoms with Crippen molar-refractivity contribution < 1.29 is 13.8 Å². The van der Waals surface area contributed by atoms with E-state index in [2.05, 4.69) is 10.1 Å². The van der Waals surface area contributed by atoms with Crippen LogP contribution in [0.15, 0.2) is 18.7 Å². The molecule has 1 rings (SSSR count). The van der Waals surface area contributed by atoms with Crippen LogP contribution in [0.4, 0.5) is 0 Å². The summed E-state index contributed by atoms with van der Waals surface area (Å²) in [4.78, 5) is 13.3. The maximum atomic E-state index is 9.79. The van der Waals surface area contributed by atoms with Gasteiger partial charge in [-0.15, -0.1) is 0 Å². The molecule has 1 heterocycles. The second kappa shape index (κ2) is 5.35. The van der Waals surface area contributed by atoms with Crippen LogP contribution in [0.1, 0.15) is 0 Å². The quantitative estimate of drug-likeness (QED) is 0.335. The molecule has 0 aliphatic heterocycles. The summed E-state index contributed by atoms with van der Waals surface area (Å²) in [7, 11) is 0. The lowest BCUT2D eigenvalue weighted by atomic mass is 11.0. The summed E-state index contributed by atoms with van der Waals surface area (Å²) in [6, 6.07) is 0. The molecular formula is C3H5N4O4S-. The second-order valence-corrected chi connectivity index (χ2v) is 1.96. The first-order valence-electron chi connectivity index (χ1n) is 2.50. The zero-order valence-electron chi connectivity index (χ0n) is 5.69. The number of imidazole rings is 1. The monoisotopic (exact) mass is 193 g/mol. The summed E-state index contributed by atoms with van der Waals surface area (Å²) in [5, 5.41) is 13.3. The average molecular weight is 193 g/mol. The predicted octanol–water partition coefficient (Wildman–Crippen LogP) is -1.34. The number of aromatic nitrogens is 2. The molecule has 0 aromatic carbocycles. The van der Waals surface area contributed by atoms with Gasteiger partial charge in [0.25, 0.3) is 0 Å². The topological polar surface area (TPSA) is 127 Å². The van der Waals surface area contributed by atoms with Gasteiger partial charge >= 0.3 is 0 Å². The summed E-state index contributed by atoms with van der Waals surface area (Å²) < 4.78 is 18.3. The van der Waals surface area contributed by atoms with Crippen LogP contribution in [0.25, 0.3) is 0 Å². The Hall–Kier alpha value is -1.32. The van der Waals surface area contributed by atoms with Crippen molar-refractivity contribution in [1.29, 1.82) is 0 Å². The van der Waals surface area contributed by atoms with E-state index in [0.717, 1.165) is 11.0 Å². The second-order valence-electron chi connectivity index (χ2n) is 1.44. The van der Waals surface area contributed by atoms with Crippen LogP contribution in [0.3, 0.4) is 0 Å². The van der Waals surface area contributed by atoms with Gasteiger partial charge in [-0.25, -0.2) is 15.1 Å². The minimum atomic E-state index is -2.36. The highest BCUT2D eigenvalue weighted by Gasteiger charge is 1.94. The number of nitrogens with two attached hydrogens (primary N) is 1. The molecule has 0 amide bonds. The normalized spacial score (nSPS) is 11.2. The van der Waals surface area contributed by atoms with Crippen LogP contribution < -0.4 is 5.14 Å². The van der Waals surface area contributed by atoms with E-state index >= 15 is 0 Å². The van der Waals surface area contributed by atoms with E-state index in [1.54, 1.807) is 0 Å². The van der Waals surface area contributed by atoms with Gasteiger partial charge in [0, 0.05) is 11.3 Å². The van der Waals surface area contributed by atoms with Crippen LogP contribution >= 0.6 is 0 Å². The lowest BCUT2D eigenvalue weighted by Gasteiger charge is -1.85. The van der Waals surface area contributed by atoms with Gasteiger partial charge in [0.2, 0.25) is 0 Å². The van der Waals surface area contributed by atoms with E-state index in [0.29, 0.717) is 0 Å². The highest BCUT2D eigenvalue weighted by atomic mass is 32.2. The largest absolute Gasteiger partial charge is 0.760 e. The molecule has 0 saturated carbocycles. The summed E-state index contributed by atoms with van der Waals surface area (Å²) >= 11 is -2.36. The van der Waals surface area contributed by atoms with Crippen molar-refractivity contribution in [2.24, 2.45) is 5.14 Å². The van der Waals surface area contributed by atoms with Crippen LogP contribution in [0, 0.1) is 10.1 Å². The fourth-order valence-electron chi connectivity index (χ4n) is 0.349. The van der Waals surface area contributed by atoms with Crippen molar-refractivity contribution in [1.82, 2.24) is 9.66 Å². The molecule has 9 heteroatoms. The maximum absolute atomic E-state index is 9.79. The molecule has 1 aromatic heterocycles. The summed E-state index contributed by atoms with van der Waals surface area (Å²) in [5.74, 6) is 0. The van der Waals surface area contributed by atoms with Gasteiger partial charge < -0.3 is 4.55 Å². The molecule has 0 bridgehead atoms. The number of nitro groups is 1. The lowest BCUT2D eigenvalue weighted by Crippen LogP contribution is -2.04. The molecule has 68 valence electrons. The van der Waals surface area contributed by atoms with E-state index in [1.807, 2.05) is 0 Å². The zero-order chi connectivity index (χ0) is 9.56. The van der Waals surface area contributed by atoms with Crippen molar-refractivity contribution in [3.05, 3.63) is 28.8 Å². The molecule has 1 atom stereocenters. The van der Waals surface area contributed by atoms with Crippen molar-refractivity contribution in [2.75, 3.05) is 0 Å². The Morgan fingerprint density at radius 2 is 2.17 bits per heavy atom. The number of nitrogens with zero attached hydrogens (tertiary/aromatic N) is 3. The highest BCUT2D eigenvalue weighted by molar-refractivity contribution is 7.76. The van der Waals surface area contributed by atoms with Gasteiger partial charge in [-0.3, -0.25) is 9.35 Å². The first kappa shape index (κ1) is 10.7. The first-order valence-corrected chi connectivity index (χ1v) is 3.64. The minimum Gasteiger partial charge on any atom is -0.760 e. The molecule has 0 fully saturated rings. The third-order valence-corrected chi connectivity index (χ3v) is 0.679. The molecule has 1 aromatic rings. The number of rotatable bonds is 1. The Balaban J connectivity index is 0.000000261. The number of hydrogen-bond acceptors (Lipinski definition) is 5. The van der Waals surface area contributed by atoms with Crippen molar-refractivity contribution in [3.8, 4) is 0 Å². The average Bonchev–Trinajstić information content (AvgIpc) is 2.34. The van der Waals surface area contributed by atoms with Crippen LogP contribution in [-0.2, 0) is 11.3 Å². The molecule has 0 spiro atoms. The summed E-state index contributed by atoms with van der Waals surface area (Å²) in [6.07, 6.45) is 3.74. The molecule has 8 nitrogen and oxygen atoms in total. The van der Waals surface area contributed by atoms with Gasteiger partial charge in [-0.05, 0) is 0 Å². The van der Waals surface area contributed by atoms with E-state index in [-0.39, 0.29) is 0 Å². The number of hydrogen-bond donors (Lipinski definition) is 1. The molecule has 0 saturated heterocycles. The standard InChI is InChI=1S/C3H3N3O2.H3NO2S/c7-6(8)5-2-1-4-3-5;1-4(2)3/h1-3H;1H2,(H,2,3)/p-1. The first-order chi connectivity index (χ1) is 5.54.